The van der Waals surface area contributed by atoms with Gasteiger partial charge < -0.3 is 9.84 Å². The summed E-state index contributed by atoms with van der Waals surface area (Å²) in [5.74, 6) is -1.08. The first kappa shape index (κ1) is 15.7. The van der Waals surface area contributed by atoms with E-state index in [2.05, 4.69) is 4.72 Å². The average Bonchev–Trinajstić information content (AvgIpc) is 2.46. The van der Waals surface area contributed by atoms with Crippen LogP contribution in [0, 0.1) is 0 Å². The highest BCUT2D eigenvalue weighted by Gasteiger charge is 2.36. The van der Waals surface area contributed by atoms with Gasteiger partial charge in [-0.2, -0.15) is 17.4 Å². The van der Waals surface area contributed by atoms with Crippen molar-refractivity contribution < 1.29 is 23.1 Å². The molecule has 0 aromatic rings. The van der Waals surface area contributed by atoms with Gasteiger partial charge in [0.05, 0.1) is 6.10 Å². The Hall–Kier alpha value is -0.700. The average molecular weight is 306 g/mol. The lowest BCUT2D eigenvalue weighted by Crippen LogP contribution is -2.53. The van der Waals surface area contributed by atoms with Gasteiger partial charge in [0.25, 0.3) is 10.2 Å². The summed E-state index contributed by atoms with van der Waals surface area (Å²) in [4.78, 5) is 11.2. The molecule has 116 valence electrons. The number of carboxylic acids is 1. The SMILES string of the molecule is O=C(O)C1CCCCN1S(=O)(=O)NCC1CCCCO1. The third-order valence-electron chi connectivity index (χ3n) is 3.81. The molecule has 7 nitrogen and oxygen atoms in total. The molecule has 8 heteroatoms. The standard InChI is InChI=1S/C12H22N2O5S/c15-12(16)11-6-1-3-7-14(11)20(17,18)13-9-10-5-2-4-8-19-10/h10-11,13H,1-9H2,(H,15,16). The summed E-state index contributed by atoms with van der Waals surface area (Å²) in [5.41, 5.74) is 0. The van der Waals surface area contributed by atoms with E-state index in [1.165, 1.54) is 0 Å². The predicted molar refractivity (Wildman–Crippen MR) is 72.5 cm³/mol. The molecule has 2 fully saturated rings. The van der Waals surface area contributed by atoms with Crippen molar-refractivity contribution in [1.82, 2.24) is 9.03 Å². The Morgan fingerprint density at radius 2 is 2.00 bits per heavy atom. The Morgan fingerprint density at radius 3 is 2.65 bits per heavy atom. The van der Waals surface area contributed by atoms with Crippen molar-refractivity contribution in [2.75, 3.05) is 19.7 Å². The third-order valence-corrected chi connectivity index (χ3v) is 5.40. The fraction of sp³-hybridized carbons (Fsp3) is 0.917. The van der Waals surface area contributed by atoms with Gasteiger partial charge in [0, 0.05) is 19.7 Å². The van der Waals surface area contributed by atoms with E-state index >= 15 is 0 Å². The maximum absolute atomic E-state index is 12.2. The number of rotatable bonds is 5. The normalized spacial score (nSPS) is 29.2. The van der Waals surface area contributed by atoms with Crippen molar-refractivity contribution in [3.63, 3.8) is 0 Å². The van der Waals surface area contributed by atoms with E-state index < -0.39 is 22.2 Å². The molecule has 2 aliphatic heterocycles. The van der Waals surface area contributed by atoms with Gasteiger partial charge in [0.15, 0.2) is 0 Å². The molecule has 0 aromatic carbocycles. The maximum Gasteiger partial charge on any atom is 0.322 e. The molecule has 0 amide bonds. The van der Waals surface area contributed by atoms with E-state index in [1.807, 2.05) is 0 Å². The second kappa shape index (κ2) is 6.84. The Morgan fingerprint density at radius 1 is 1.25 bits per heavy atom. The highest BCUT2D eigenvalue weighted by Crippen LogP contribution is 2.20. The van der Waals surface area contributed by atoms with Crippen LogP contribution in [0.1, 0.15) is 38.5 Å². The number of aliphatic carboxylic acids is 1. The molecular formula is C12H22N2O5S. The number of piperidine rings is 1. The number of hydrogen-bond acceptors (Lipinski definition) is 4. The molecule has 2 atom stereocenters. The van der Waals surface area contributed by atoms with Gasteiger partial charge in [-0.25, -0.2) is 0 Å². The molecule has 0 spiro atoms. The van der Waals surface area contributed by atoms with Gasteiger partial charge in [0.2, 0.25) is 0 Å². The lowest BCUT2D eigenvalue weighted by molar-refractivity contribution is -0.142. The topological polar surface area (TPSA) is 95.9 Å². The van der Waals surface area contributed by atoms with Crippen molar-refractivity contribution in [1.29, 1.82) is 0 Å². The van der Waals surface area contributed by atoms with Gasteiger partial charge in [-0.1, -0.05) is 0 Å². The summed E-state index contributed by atoms with van der Waals surface area (Å²) in [6.45, 7) is 1.14. The van der Waals surface area contributed by atoms with E-state index in [9.17, 15) is 13.2 Å². The van der Waals surface area contributed by atoms with Gasteiger partial charge in [-0.05, 0) is 38.5 Å². The van der Waals surface area contributed by atoms with Gasteiger partial charge >= 0.3 is 5.97 Å². The van der Waals surface area contributed by atoms with Crippen LogP contribution < -0.4 is 4.72 Å². The summed E-state index contributed by atoms with van der Waals surface area (Å²) in [5, 5.41) is 9.13. The summed E-state index contributed by atoms with van der Waals surface area (Å²) >= 11 is 0. The molecule has 2 aliphatic rings. The Labute approximate surface area is 119 Å². The van der Waals surface area contributed by atoms with Crippen LogP contribution in [0.25, 0.3) is 0 Å². The van der Waals surface area contributed by atoms with Crippen LogP contribution in [-0.2, 0) is 19.7 Å². The molecule has 0 aromatic heterocycles. The zero-order chi connectivity index (χ0) is 14.6. The quantitative estimate of drug-likeness (QED) is 0.763. The zero-order valence-corrected chi connectivity index (χ0v) is 12.3. The lowest BCUT2D eigenvalue weighted by Gasteiger charge is -2.32. The molecule has 0 aliphatic carbocycles. The molecule has 0 bridgehead atoms. The minimum Gasteiger partial charge on any atom is -0.480 e. The van der Waals surface area contributed by atoms with Crippen molar-refractivity contribution in [3.05, 3.63) is 0 Å². The van der Waals surface area contributed by atoms with Crippen LogP contribution in [0.2, 0.25) is 0 Å². The van der Waals surface area contributed by atoms with Gasteiger partial charge in [0.1, 0.15) is 6.04 Å². The van der Waals surface area contributed by atoms with E-state index in [0.29, 0.717) is 19.4 Å². The predicted octanol–water partition coefficient (Wildman–Crippen LogP) is 0.329. The second-order valence-electron chi connectivity index (χ2n) is 5.30. The summed E-state index contributed by atoms with van der Waals surface area (Å²) in [6.07, 6.45) is 4.59. The van der Waals surface area contributed by atoms with Crippen molar-refractivity contribution in [3.8, 4) is 0 Å². The lowest BCUT2D eigenvalue weighted by atomic mass is 10.1. The van der Waals surface area contributed by atoms with Crippen LogP contribution in [0.15, 0.2) is 0 Å². The highest BCUT2D eigenvalue weighted by atomic mass is 32.2. The minimum absolute atomic E-state index is 0.105. The number of carbonyl (C=O) groups is 1. The summed E-state index contributed by atoms with van der Waals surface area (Å²) < 4.78 is 33.5. The Balaban J connectivity index is 1.95. The number of ether oxygens (including phenoxy) is 1. The van der Waals surface area contributed by atoms with Gasteiger partial charge in [-0.3, -0.25) is 4.79 Å². The highest BCUT2D eigenvalue weighted by molar-refractivity contribution is 7.87. The fourth-order valence-electron chi connectivity index (χ4n) is 2.69. The Kier molecular flexibility index (Phi) is 5.36. The summed E-state index contributed by atoms with van der Waals surface area (Å²) in [6, 6.07) is -0.950. The van der Waals surface area contributed by atoms with Crippen molar-refractivity contribution in [2.24, 2.45) is 0 Å². The third kappa shape index (κ3) is 3.91. The molecule has 2 heterocycles. The van der Waals surface area contributed by atoms with E-state index in [-0.39, 0.29) is 19.2 Å². The van der Waals surface area contributed by atoms with Crippen LogP contribution in [0.4, 0.5) is 0 Å². The maximum atomic E-state index is 12.2. The van der Waals surface area contributed by atoms with Crippen LogP contribution in [0.3, 0.4) is 0 Å². The smallest absolute Gasteiger partial charge is 0.322 e. The first-order valence-electron chi connectivity index (χ1n) is 7.11. The molecular weight excluding hydrogens is 284 g/mol. The summed E-state index contributed by atoms with van der Waals surface area (Å²) in [7, 11) is -3.75. The van der Waals surface area contributed by atoms with E-state index in [1.54, 1.807) is 0 Å². The molecule has 2 unspecified atom stereocenters. The first-order chi connectivity index (χ1) is 9.50. The molecule has 0 saturated carbocycles. The monoisotopic (exact) mass is 306 g/mol. The first-order valence-corrected chi connectivity index (χ1v) is 8.55. The molecule has 2 saturated heterocycles. The second-order valence-corrected chi connectivity index (χ2v) is 7.01. The number of hydrogen-bond donors (Lipinski definition) is 2. The fourth-order valence-corrected chi connectivity index (χ4v) is 4.15. The van der Waals surface area contributed by atoms with E-state index in [0.717, 1.165) is 30.0 Å². The molecule has 2 rings (SSSR count). The van der Waals surface area contributed by atoms with Crippen LogP contribution >= 0.6 is 0 Å². The molecule has 2 N–H and O–H groups in total. The number of nitrogens with zero attached hydrogens (tertiary/aromatic N) is 1. The van der Waals surface area contributed by atoms with Gasteiger partial charge in [-0.15, -0.1) is 0 Å². The van der Waals surface area contributed by atoms with Crippen molar-refractivity contribution >= 4 is 16.2 Å². The van der Waals surface area contributed by atoms with Crippen LogP contribution in [0.5, 0.6) is 0 Å². The van der Waals surface area contributed by atoms with E-state index in [4.69, 9.17) is 9.84 Å². The van der Waals surface area contributed by atoms with Crippen LogP contribution in [-0.4, -0.2) is 55.6 Å². The number of nitrogens with one attached hydrogen (secondary N) is 1. The largest absolute Gasteiger partial charge is 0.480 e. The zero-order valence-electron chi connectivity index (χ0n) is 11.5. The number of carboxylic acid groups (broad SMARTS) is 1. The molecule has 20 heavy (non-hydrogen) atoms. The minimum atomic E-state index is -3.75. The van der Waals surface area contributed by atoms with Crippen molar-refractivity contribution in [2.45, 2.75) is 50.7 Å². The Bertz CT molecular complexity index is 433. The molecule has 0 radical (unpaired) electrons.